The summed E-state index contributed by atoms with van der Waals surface area (Å²) in [5, 5.41) is 12.6. The SMILES string of the molecule is CC(=O)N1C[C@H](O)C[C@@H]1C(=O)NCc1cccnc1OC1CCCC1. The number of carbonyl (C=O) groups is 2. The van der Waals surface area contributed by atoms with Gasteiger partial charge in [0, 0.05) is 38.2 Å². The summed E-state index contributed by atoms with van der Waals surface area (Å²) in [5.74, 6) is 0.0929. The van der Waals surface area contributed by atoms with Crippen LogP contribution in [0.2, 0.25) is 0 Å². The van der Waals surface area contributed by atoms with Gasteiger partial charge < -0.3 is 20.1 Å². The van der Waals surface area contributed by atoms with Crippen molar-refractivity contribution in [1.82, 2.24) is 15.2 Å². The number of amides is 2. The molecule has 3 rings (SSSR count). The lowest BCUT2D eigenvalue weighted by molar-refractivity contribution is -0.137. The Morgan fingerprint density at radius 3 is 2.88 bits per heavy atom. The summed E-state index contributed by atoms with van der Waals surface area (Å²) in [5.41, 5.74) is 0.815. The Bertz CT molecular complexity index is 631. The van der Waals surface area contributed by atoms with Gasteiger partial charge in [-0.05, 0) is 31.7 Å². The molecule has 7 heteroatoms. The molecule has 2 N–H and O–H groups in total. The summed E-state index contributed by atoms with van der Waals surface area (Å²) in [6.45, 7) is 1.90. The zero-order valence-electron chi connectivity index (χ0n) is 14.5. The van der Waals surface area contributed by atoms with Gasteiger partial charge in [-0.15, -0.1) is 0 Å². The Morgan fingerprint density at radius 1 is 1.40 bits per heavy atom. The van der Waals surface area contributed by atoms with E-state index in [4.69, 9.17) is 4.74 Å². The van der Waals surface area contributed by atoms with E-state index in [0.717, 1.165) is 18.4 Å². The molecule has 0 bridgehead atoms. The zero-order chi connectivity index (χ0) is 17.8. The Morgan fingerprint density at radius 2 is 2.16 bits per heavy atom. The average Bonchev–Trinajstić information content (AvgIpc) is 3.23. The van der Waals surface area contributed by atoms with Crippen LogP contribution in [0.25, 0.3) is 0 Å². The third-order valence-electron chi connectivity index (χ3n) is 4.87. The molecular weight excluding hydrogens is 322 g/mol. The van der Waals surface area contributed by atoms with E-state index < -0.39 is 12.1 Å². The predicted molar refractivity (Wildman–Crippen MR) is 90.8 cm³/mol. The van der Waals surface area contributed by atoms with Gasteiger partial charge in [-0.25, -0.2) is 4.98 Å². The number of hydrogen-bond donors (Lipinski definition) is 2. The second-order valence-electron chi connectivity index (χ2n) is 6.79. The second-order valence-corrected chi connectivity index (χ2v) is 6.79. The molecule has 2 fully saturated rings. The highest BCUT2D eigenvalue weighted by molar-refractivity contribution is 5.87. The van der Waals surface area contributed by atoms with Crippen molar-refractivity contribution < 1.29 is 19.4 Å². The first-order valence-corrected chi connectivity index (χ1v) is 8.88. The van der Waals surface area contributed by atoms with E-state index in [-0.39, 0.29) is 37.4 Å². The average molecular weight is 347 g/mol. The van der Waals surface area contributed by atoms with Crippen molar-refractivity contribution in [3.63, 3.8) is 0 Å². The van der Waals surface area contributed by atoms with Gasteiger partial charge >= 0.3 is 0 Å². The predicted octanol–water partition coefficient (Wildman–Crippen LogP) is 1.00. The van der Waals surface area contributed by atoms with Crippen molar-refractivity contribution in [3.8, 4) is 5.88 Å². The topological polar surface area (TPSA) is 91.8 Å². The molecule has 2 atom stereocenters. The van der Waals surface area contributed by atoms with Crippen LogP contribution in [0.15, 0.2) is 18.3 Å². The smallest absolute Gasteiger partial charge is 0.243 e. The molecule has 1 aliphatic heterocycles. The number of nitrogens with zero attached hydrogens (tertiary/aromatic N) is 2. The van der Waals surface area contributed by atoms with E-state index >= 15 is 0 Å². The van der Waals surface area contributed by atoms with Gasteiger partial charge in [0.15, 0.2) is 0 Å². The molecule has 2 aliphatic rings. The van der Waals surface area contributed by atoms with Crippen LogP contribution in [0.3, 0.4) is 0 Å². The van der Waals surface area contributed by atoms with Crippen molar-refractivity contribution >= 4 is 11.8 Å². The number of β-amino-alcohol motifs (C(OH)–C–C–N with tert-alkyl or cyclic N) is 1. The Hall–Kier alpha value is -2.15. The summed E-state index contributed by atoms with van der Waals surface area (Å²) < 4.78 is 5.97. The maximum atomic E-state index is 12.5. The molecule has 0 spiro atoms. The van der Waals surface area contributed by atoms with Gasteiger partial charge in [-0.2, -0.15) is 0 Å². The summed E-state index contributed by atoms with van der Waals surface area (Å²) in [4.78, 5) is 29.8. The highest BCUT2D eigenvalue weighted by atomic mass is 16.5. The van der Waals surface area contributed by atoms with Crippen LogP contribution in [0.4, 0.5) is 0 Å². The van der Waals surface area contributed by atoms with Crippen LogP contribution >= 0.6 is 0 Å². The molecular formula is C18H25N3O4. The molecule has 7 nitrogen and oxygen atoms in total. The molecule has 0 aromatic carbocycles. The summed E-state index contributed by atoms with van der Waals surface area (Å²) in [7, 11) is 0. The standard InChI is InChI=1S/C18H25N3O4/c1-12(22)21-11-14(23)9-16(21)17(24)20-10-13-5-4-8-19-18(13)25-15-6-2-3-7-15/h4-5,8,14-16,23H,2-3,6-7,9-11H2,1H3,(H,20,24)/t14-,16-/m1/s1. The number of carbonyl (C=O) groups excluding carboxylic acids is 2. The fraction of sp³-hybridized carbons (Fsp3) is 0.611. The highest BCUT2D eigenvalue weighted by Crippen LogP contribution is 2.25. The molecule has 1 saturated heterocycles. The number of aliphatic hydroxyl groups is 1. The minimum atomic E-state index is -0.653. The lowest BCUT2D eigenvalue weighted by atomic mass is 10.1. The summed E-state index contributed by atoms with van der Waals surface area (Å²) in [6, 6.07) is 3.07. The van der Waals surface area contributed by atoms with Gasteiger partial charge in [0.1, 0.15) is 12.1 Å². The minimum absolute atomic E-state index is 0.197. The summed E-state index contributed by atoms with van der Waals surface area (Å²) >= 11 is 0. The van der Waals surface area contributed by atoms with E-state index in [1.807, 2.05) is 12.1 Å². The molecule has 1 aromatic rings. The normalized spacial score (nSPS) is 23.7. The van der Waals surface area contributed by atoms with Crippen LogP contribution < -0.4 is 10.1 Å². The molecule has 0 unspecified atom stereocenters. The van der Waals surface area contributed by atoms with Crippen LogP contribution in [-0.2, 0) is 16.1 Å². The number of aliphatic hydroxyl groups excluding tert-OH is 1. The first-order valence-electron chi connectivity index (χ1n) is 8.88. The molecule has 2 amide bonds. The van der Waals surface area contributed by atoms with Crippen LogP contribution in [0, 0.1) is 0 Å². The van der Waals surface area contributed by atoms with Gasteiger partial charge in [0.25, 0.3) is 0 Å². The van der Waals surface area contributed by atoms with Gasteiger partial charge in [0.05, 0.1) is 6.10 Å². The van der Waals surface area contributed by atoms with E-state index in [2.05, 4.69) is 10.3 Å². The molecule has 0 radical (unpaired) electrons. The fourth-order valence-electron chi connectivity index (χ4n) is 3.54. The molecule has 136 valence electrons. The Labute approximate surface area is 147 Å². The number of rotatable bonds is 5. The van der Waals surface area contributed by atoms with E-state index in [0.29, 0.717) is 5.88 Å². The number of nitrogens with one attached hydrogen (secondary N) is 1. The van der Waals surface area contributed by atoms with Crippen LogP contribution in [0.1, 0.15) is 44.6 Å². The van der Waals surface area contributed by atoms with Crippen molar-refractivity contribution in [2.75, 3.05) is 6.54 Å². The number of likely N-dealkylation sites (tertiary alicyclic amines) is 1. The van der Waals surface area contributed by atoms with Gasteiger partial charge in [0.2, 0.25) is 17.7 Å². The van der Waals surface area contributed by atoms with E-state index in [1.165, 1.54) is 24.7 Å². The summed E-state index contributed by atoms with van der Waals surface area (Å²) in [6.07, 6.45) is 5.92. The van der Waals surface area contributed by atoms with Gasteiger partial charge in [-0.1, -0.05) is 6.07 Å². The van der Waals surface area contributed by atoms with Crippen molar-refractivity contribution in [2.24, 2.45) is 0 Å². The quantitative estimate of drug-likeness (QED) is 0.829. The van der Waals surface area contributed by atoms with Crippen molar-refractivity contribution in [3.05, 3.63) is 23.9 Å². The maximum absolute atomic E-state index is 12.5. The van der Waals surface area contributed by atoms with Crippen molar-refractivity contribution in [2.45, 2.75) is 63.8 Å². The number of ether oxygens (including phenoxy) is 1. The maximum Gasteiger partial charge on any atom is 0.243 e. The third kappa shape index (κ3) is 4.28. The second kappa shape index (κ2) is 7.82. The fourth-order valence-corrected chi connectivity index (χ4v) is 3.54. The molecule has 25 heavy (non-hydrogen) atoms. The monoisotopic (exact) mass is 347 g/mol. The van der Waals surface area contributed by atoms with E-state index in [1.54, 1.807) is 6.20 Å². The van der Waals surface area contributed by atoms with Crippen molar-refractivity contribution in [1.29, 1.82) is 0 Å². The lowest BCUT2D eigenvalue weighted by Gasteiger charge is -2.22. The van der Waals surface area contributed by atoms with Crippen LogP contribution in [0.5, 0.6) is 5.88 Å². The lowest BCUT2D eigenvalue weighted by Crippen LogP contribution is -2.45. The number of aromatic nitrogens is 1. The first-order chi connectivity index (χ1) is 12.0. The first kappa shape index (κ1) is 17.7. The molecule has 1 saturated carbocycles. The van der Waals surface area contributed by atoms with Crippen LogP contribution in [-0.4, -0.2) is 51.6 Å². The Kier molecular flexibility index (Phi) is 5.53. The molecule has 1 aromatic heterocycles. The van der Waals surface area contributed by atoms with E-state index in [9.17, 15) is 14.7 Å². The zero-order valence-corrected chi connectivity index (χ0v) is 14.5. The number of pyridine rings is 1. The molecule has 2 heterocycles. The minimum Gasteiger partial charge on any atom is -0.474 e. The van der Waals surface area contributed by atoms with Gasteiger partial charge in [-0.3, -0.25) is 9.59 Å². The number of hydrogen-bond acceptors (Lipinski definition) is 5. The largest absolute Gasteiger partial charge is 0.474 e. The Balaban J connectivity index is 1.61. The highest BCUT2D eigenvalue weighted by Gasteiger charge is 2.37. The third-order valence-corrected chi connectivity index (χ3v) is 4.87. The molecule has 1 aliphatic carbocycles.